The summed E-state index contributed by atoms with van der Waals surface area (Å²) >= 11 is 0. The predicted molar refractivity (Wildman–Crippen MR) is 135 cm³/mol. The normalized spacial score (nSPS) is 15.9. The highest BCUT2D eigenvalue weighted by atomic mass is 19.2. The summed E-state index contributed by atoms with van der Waals surface area (Å²) in [4.78, 5) is 0. The monoisotopic (exact) mass is 462 g/mol. The molecule has 34 heavy (non-hydrogen) atoms. The van der Waals surface area contributed by atoms with Gasteiger partial charge >= 0.3 is 0 Å². The van der Waals surface area contributed by atoms with E-state index in [4.69, 9.17) is 0 Å². The minimum absolute atomic E-state index is 0.141. The van der Waals surface area contributed by atoms with E-state index in [1.165, 1.54) is 5.56 Å². The Kier molecular flexibility index (Phi) is 7.92. The van der Waals surface area contributed by atoms with Crippen molar-refractivity contribution in [1.82, 2.24) is 0 Å². The molecular weight excluding hydrogens is 429 g/mol. The minimum atomic E-state index is -0.769. The molecule has 3 heteroatoms. The minimum Gasteiger partial charge on any atom is -0.206 e. The molecule has 4 rings (SSSR count). The van der Waals surface area contributed by atoms with Crippen molar-refractivity contribution < 1.29 is 13.2 Å². The molecule has 0 heterocycles. The smallest absolute Gasteiger partial charge is 0.166 e. The van der Waals surface area contributed by atoms with E-state index in [1.54, 1.807) is 18.2 Å². The van der Waals surface area contributed by atoms with Gasteiger partial charge in [-0.3, -0.25) is 0 Å². The lowest BCUT2D eigenvalue weighted by Crippen LogP contribution is -2.08. The molecule has 0 spiro atoms. The van der Waals surface area contributed by atoms with Crippen molar-refractivity contribution in [3.63, 3.8) is 0 Å². The first-order valence-electron chi connectivity index (χ1n) is 12.5. The first kappa shape index (κ1) is 24.3. The highest BCUT2D eigenvalue weighted by molar-refractivity contribution is 5.67. The number of hydrogen-bond acceptors (Lipinski definition) is 0. The van der Waals surface area contributed by atoms with Crippen molar-refractivity contribution in [3.8, 4) is 11.1 Å². The topological polar surface area (TPSA) is 0 Å². The number of allylic oxidation sites excluding steroid dienone is 2. The van der Waals surface area contributed by atoms with Gasteiger partial charge in [-0.05, 0) is 84.8 Å². The quantitative estimate of drug-likeness (QED) is 0.313. The van der Waals surface area contributed by atoms with Crippen LogP contribution in [0.3, 0.4) is 0 Å². The maximum Gasteiger partial charge on any atom is 0.166 e. The van der Waals surface area contributed by atoms with Crippen LogP contribution in [-0.2, 0) is 19.3 Å². The summed E-state index contributed by atoms with van der Waals surface area (Å²) in [7, 11) is 0. The molecule has 3 aromatic rings. The number of aryl methyl sites for hydroxylation is 3. The van der Waals surface area contributed by atoms with E-state index in [-0.39, 0.29) is 5.82 Å². The van der Waals surface area contributed by atoms with Gasteiger partial charge in [0.2, 0.25) is 0 Å². The molecule has 1 aliphatic rings. The van der Waals surface area contributed by atoms with Crippen molar-refractivity contribution in [2.45, 2.75) is 65.2 Å². The fraction of sp³-hybridized carbons (Fsp3) is 0.355. The zero-order chi connectivity index (χ0) is 24.1. The predicted octanol–water partition coefficient (Wildman–Crippen LogP) is 9.10. The molecule has 0 amide bonds. The van der Waals surface area contributed by atoms with E-state index >= 15 is 0 Å². The summed E-state index contributed by atoms with van der Waals surface area (Å²) in [5, 5.41) is 0. The average molecular weight is 463 g/mol. The first-order chi connectivity index (χ1) is 16.5. The molecule has 178 valence electrons. The zero-order valence-corrected chi connectivity index (χ0v) is 20.1. The summed E-state index contributed by atoms with van der Waals surface area (Å²) in [6.45, 7) is 4.16. The van der Waals surface area contributed by atoms with Crippen LogP contribution < -0.4 is 0 Å². The lowest BCUT2D eigenvalue weighted by atomic mass is 9.83. The maximum atomic E-state index is 14.8. The Hall–Kier alpha value is -2.81. The Morgan fingerprint density at radius 2 is 1.53 bits per heavy atom. The largest absolute Gasteiger partial charge is 0.206 e. The summed E-state index contributed by atoms with van der Waals surface area (Å²) in [6, 6.07) is 16.6. The van der Waals surface area contributed by atoms with Crippen molar-refractivity contribution in [3.05, 3.63) is 100 Å². The second-order valence-corrected chi connectivity index (χ2v) is 9.42. The molecule has 0 nitrogen and oxygen atoms in total. The third-order valence-corrected chi connectivity index (χ3v) is 7.10. The van der Waals surface area contributed by atoms with Crippen LogP contribution in [0.2, 0.25) is 0 Å². The molecule has 0 fully saturated rings. The SMILES string of the molecule is CCCc1ccc(C2=CCC(CCc3ccc(-c4ccc(CC)cc4)c(F)c3F)CC2)c(F)c1. The highest BCUT2D eigenvalue weighted by Crippen LogP contribution is 2.35. The molecule has 3 aromatic carbocycles. The first-order valence-corrected chi connectivity index (χ1v) is 12.5. The molecule has 0 aromatic heterocycles. The van der Waals surface area contributed by atoms with E-state index in [9.17, 15) is 13.2 Å². The molecule has 0 aliphatic heterocycles. The van der Waals surface area contributed by atoms with Gasteiger partial charge in [0.05, 0.1) is 0 Å². The van der Waals surface area contributed by atoms with Crippen LogP contribution in [0, 0.1) is 23.4 Å². The van der Waals surface area contributed by atoms with Crippen LogP contribution in [0.4, 0.5) is 13.2 Å². The van der Waals surface area contributed by atoms with Gasteiger partial charge in [0.1, 0.15) is 5.82 Å². The standard InChI is InChI=1S/C31H33F3/c1-3-5-23-11-18-27(29(32)20-23)24-14-8-22(9-15-24)10-16-26-17-19-28(31(34)30(26)33)25-12-6-21(4-2)7-13-25/h6-7,11-14,17-20,22H,3-5,8-10,15-16H2,1-2H3. The molecule has 1 unspecified atom stereocenters. The second-order valence-electron chi connectivity index (χ2n) is 9.42. The Labute approximate surface area is 201 Å². The Morgan fingerprint density at radius 3 is 2.18 bits per heavy atom. The summed E-state index contributed by atoms with van der Waals surface area (Å²) in [5.41, 5.74) is 5.40. The third kappa shape index (κ3) is 5.46. The Morgan fingerprint density at radius 1 is 0.794 bits per heavy atom. The number of benzene rings is 3. The lowest BCUT2D eigenvalue weighted by molar-refractivity contribution is 0.439. The Balaban J connectivity index is 1.39. The fourth-order valence-electron chi connectivity index (χ4n) is 4.94. The maximum absolute atomic E-state index is 14.8. The van der Waals surface area contributed by atoms with E-state index in [2.05, 4.69) is 19.9 Å². The highest BCUT2D eigenvalue weighted by Gasteiger charge is 2.20. The molecular formula is C31H33F3. The van der Waals surface area contributed by atoms with Crippen LogP contribution >= 0.6 is 0 Å². The number of halogens is 3. The molecule has 1 aliphatic carbocycles. The third-order valence-electron chi connectivity index (χ3n) is 7.10. The van der Waals surface area contributed by atoms with Gasteiger partial charge in [0.25, 0.3) is 0 Å². The van der Waals surface area contributed by atoms with Crippen molar-refractivity contribution in [2.24, 2.45) is 5.92 Å². The summed E-state index contributed by atoms with van der Waals surface area (Å²) in [5.74, 6) is -1.25. The number of hydrogen-bond donors (Lipinski definition) is 0. The van der Waals surface area contributed by atoms with Crippen LogP contribution in [0.1, 0.15) is 68.2 Å². The van der Waals surface area contributed by atoms with Crippen molar-refractivity contribution >= 4 is 5.57 Å². The van der Waals surface area contributed by atoms with Crippen molar-refractivity contribution in [2.75, 3.05) is 0 Å². The van der Waals surface area contributed by atoms with Gasteiger partial charge in [0, 0.05) is 11.1 Å². The van der Waals surface area contributed by atoms with Gasteiger partial charge in [-0.25, -0.2) is 13.2 Å². The van der Waals surface area contributed by atoms with Crippen molar-refractivity contribution in [1.29, 1.82) is 0 Å². The van der Waals surface area contributed by atoms with E-state index < -0.39 is 11.6 Å². The molecule has 0 saturated heterocycles. The van der Waals surface area contributed by atoms with Gasteiger partial charge < -0.3 is 0 Å². The number of rotatable bonds is 8. The van der Waals surface area contributed by atoms with Crippen LogP contribution in [0.15, 0.2) is 60.7 Å². The van der Waals surface area contributed by atoms with Gasteiger partial charge in [-0.1, -0.05) is 74.9 Å². The molecule has 0 N–H and O–H groups in total. The molecule has 0 saturated carbocycles. The molecule has 0 radical (unpaired) electrons. The average Bonchev–Trinajstić information content (AvgIpc) is 2.86. The van der Waals surface area contributed by atoms with Crippen LogP contribution in [0.25, 0.3) is 16.7 Å². The van der Waals surface area contributed by atoms with Crippen LogP contribution in [0.5, 0.6) is 0 Å². The van der Waals surface area contributed by atoms with Gasteiger partial charge in [0.15, 0.2) is 11.6 Å². The lowest BCUT2D eigenvalue weighted by Gasteiger charge is -2.23. The van der Waals surface area contributed by atoms with E-state index in [1.807, 2.05) is 36.4 Å². The Bertz CT molecular complexity index is 1160. The van der Waals surface area contributed by atoms with Gasteiger partial charge in [-0.2, -0.15) is 0 Å². The van der Waals surface area contributed by atoms with Gasteiger partial charge in [-0.15, -0.1) is 0 Å². The van der Waals surface area contributed by atoms with E-state index in [0.717, 1.165) is 56.1 Å². The molecule has 1 atom stereocenters. The summed E-state index contributed by atoms with van der Waals surface area (Å²) in [6.07, 6.45) is 8.84. The van der Waals surface area contributed by atoms with Crippen LogP contribution in [-0.4, -0.2) is 0 Å². The summed E-state index contributed by atoms with van der Waals surface area (Å²) < 4.78 is 44.2. The zero-order valence-electron chi connectivity index (χ0n) is 20.1. The van der Waals surface area contributed by atoms with E-state index in [0.29, 0.717) is 34.6 Å². The second kappa shape index (κ2) is 11.1. The fourth-order valence-corrected chi connectivity index (χ4v) is 4.94. The molecule has 0 bridgehead atoms.